The fourth-order valence-electron chi connectivity index (χ4n) is 2.92. The summed E-state index contributed by atoms with van der Waals surface area (Å²) < 4.78 is 5.93. The third-order valence-corrected chi connectivity index (χ3v) is 5.14. The molecule has 0 radical (unpaired) electrons. The van der Waals surface area contributed by atoms with Gasteiger partial charge in [0.25, 0.3) is 0 Å². The lowest BCUT2D eigenvalue weighted by Gasteiger charge is -2.15. The van der Waals surface area contributed by atoms with Crippen LogP contribution in [-0.4, -0.2) is 16.1 Å². The average molecular weight is 375 g/mol. The van der Waals surface area contributed by atoms with Gasteiger partial charge in [-0.3, -0.25) is 0 Å². The first-order valence-corrected chi connectivity index (χ1v) is 9.78. The van der Waals surface area contributed by atoms with Crippen LogP contribution >= 0.6 is 11.3 Å². The highest BCUT2D eigenvalue weighted by atomic mass is 32.1. The molecular formula is C22H21N3OS. The van der Waals surface area contributed by atoms with E-state index in [0.717, 1.165) is 33.3 Å². The summed E-state index contributed by atoms with van der Waals surface area (Å²) in [4.78, 5) is 11.4. The number of rotatable bonds is 5. The minimum atomic E-state index is 0.103. The molecule has 0 aliphatic carbocycles. The van der Waals surface area contributed by atoms with Gasteiger partial charge in [0, 0.05) is 4.88 Å². The zero-order valence-corrected chi connectivity index (χ0v) is 16.4. The lowest BCUT2D eigenvalue weighted by atomic mass is 10.2. The average Bonchev–Trinajstić information content (AvgIpc) is 3.08. The Hall–Kier alpha value is -2.92. The first-order valence-electron chi connectivity index (χ1n) is 8.96. The SMILES string of the molecule is Cc1nc(Nc2ccccc2OC(C)C)c2cc(-c3ccccc3)sc2n1. The molecule has 0 amide bonds. The van der Waals surface area contributed by atoms with Crippen LogP contribution in [0, 0.1) is 6.92 Å². The number of nitrogens with one attached hydrogen (secondary N) is 1. The Morgan fingerprint density at radius 2 is 1.70 bits per heavy atom. The summed E-state index contributed by atoms with van der Waals surface area (Å²) in [5, 5.41) is 4.47. The standard InChI is InChI=1S/C22H21N3OS/c1-14(2)26-19-12-8-7-11-18(19)25-21-17-13-20(16-9-5-4-6-10-16)27-22(17)24-15(3)23-21/h4-14H,1-3H3,(H,23,24,25). The molecule has 5 heteroatoms. The number of nitrogens with zero attached hydrogens (tertiary/aromatic N) is 2. The van der Waals surface area contributed by atoms with E-state index < -0.39 is 0 Å². The lowest BCUT2D eigenvalue weighted by Crippen LogP contribution is -2.07. The molecule has 2 aromatic heterocycles. The number of thiophene rings is 1. The number of para-hydroxylation sites is 2. The van der Waals surface area contributed by atoms with E-state index in [-0.39, 0.29) is 6.10 Å². The van der Waals surface area contributed by atoms with Crippen molar-refractivity contribution >= 4 is 33.1 Å². The predicted molar refractivity (Wildman–Crippen MR) is 113 cm³/mol. The summed E-state index contributed by atoms with van der Waals surface area (Å²) >= 11 is 1.68. The molecule has 1 N–H and O–H groups in total. The van der Waals surface area contributed by atoms with Crippen LogP contribution in [0.1, 0.15) is 19.7 Å². The summed E-state index contributed by atoms with van der Waals surface area (Å²) in [6.07, 6.45) is 0.103. The van der Waals surface area contributed by atoms with Crippen LogP contribution in [0.2, 0.25) is 0 Å². The second kappa shape index (κ2) is 7.37. The Morgan fingerprint density at radius 3 is 2.48 bits per heavy atom. The number of anilines is 2. The number of benzene rings is 2. The molecule has 0 atom stereocenters. The van der Waals surface area contributed by atoms with Crippen molar-refractivity contribution in [1.29, 1.82) is 0 Å². The van der Waals surface area contributed by atoms with E-state index in [1.165, 1.54) is 10.4 Å². The highest BCUT2D eigenvalue weighted by Crippen LogP contribution is 2.37. The van der Waals surface area contributed by atoms with Crippen LogP contribution in [0.5, 0.6) is 5.75 Å². The normalized spacial score (nSPS) is 11.1. The smallest absolute Gasteiger partial charge is 0.143 e. The Morgan fingerprint density at radius 1 is 0.963 bits per heavy atom. The molecule has 0 bridgehead atoms. The second-order valence-corrected chi connectivity index (χ2v) is 7.63. The van der Waals surface area contributed by atoms with Crippen LogP contribution in [0.25, 0.3) is 20.7 Å². The summed E-state index contributed by atoms with van der Waals surface area (Å²) in [6.45, 7) is 5.96. The van der Waals surface area contributed by atoms with Crippen molar-refractivity contribution in [3.63, 3.8) is 0 Å². The third-order valence-electron chi connectivity index (χ3n) is 4.07. The summed E-state index contributed by atoms with van der Waals surface area (Å²) in [7, 11) is 0. The molecule has 4 aromatic rings. The highest BCUT2D eigenvalue weighted by Gasteiger charge is 2.13. The van der Waals surface area contributed by atoms with Gasteiger partial charge >= 0.3 is 0 Å². The molecular weight excluding hydrogens is 354 g/mol. The van der Waals surface area contributed by atoms with Crippen LogP contribution in [0.15, 0.2) is 60.7 Å². The van der Waals surface area contributed by atoms with Crippen LogP contribution < -0.4 is 10.1 Å². The van der Waals surface area contributed by atoms with E-state index in [9.17, 15) is 0 Å². The number of hydrogen-bond donors (Lipinski definition) is 1. The number of hydrogen-bond acceptors (Lipinski definition) is 5. The Bertz CT molecular complexity index is 1070. The fraction of sp³-hybridized carbons (Fsp3) is 0.182. The highest BCUT2D eigenvalue weighted by molar-refractivity contribution is 7.21. The van der Waals surface area contributed by atoms with E-state index in [4.69, 9.17) is 4.74 Å². The predicted octanol–water partition coefficient (Wildman–Crippen LogP) is 6.20. The van der Waals surface area contributed by atoms with Gasteiger partial charge in [0.05, 0.1) is 17.2 Å². The fourth-order valence-corrected chi connectivity index (χ4v) is 4.00. The zero-order valence-electron chi connectivity index (χ0n) is 15.6. The van der Waals surface area contributed by atoms with Crippen molar-refractivity contribution in [2.24, 2.45) is 0 Å². The molecule has 0 fully saturated rings. The molecule has 0 saturated heterocycles. The van der Waals surface area contributed by atoms with Gasteiger partial charge in [-0.05, 0) is 44.5 Å². The van der Waals surface area contributed by atoms with Crippen molar-refractivity contribution in [3.05, 3.63) is 66.5 Å². The van der Waals surface area contributed by atoms with Crippen molar-refractivity contribution in [1.82, 2.24) is 9.97 Å². The third kappa shape index (κ3) is 3.78. The molecule has 4 rings (SSSR count). The summed E-state index contributed by atoms with van der Waals surface area (Å²) in [5.74, 6) is 2.36. The minimum absolute atomic E-state index is 0.103. The van der Waals surface area contributed by atoms with Crippen molar-refractivity contribution < 1.29 is 4.74 Å². The molecule has 4 nitrogen and oxygen atoms in total. The topological polar surface area (TPSA) is 47.0 Å². The van der Waals surface area contributed by atoms with Gasteiger partial charge in [-0.25, -0.2) is 9.97 Å². The number of ether oxygens (including phenoxy) is 1. The maximum atomic E-state index is 5.93. The summed E-state index contributed by atoms with van der Waals surface area (Å²) in [6, 6.07) is 20.5. The molecule has 136 valence electrons. The maximum absolute atomic E-state index is 5.93. The number of aromatic nitrogens is 2. The molecule has 0 aliphatic heterocycles. The first kappa shape index (κ1) is 17.5. The Balaban J connectivity index is 1.77. The van der Waals surface area contributed by atoms with Gasteiger partial charge in [0.2, 0.25) is 0 Å². The number of aryl methyl sites for hydroxylation is 1. The Kier molecular flexibility index (Phi) is 4.77. The lowest BCUT2D eigenvalue weighted by molar-refractivity contribution is 0.244. The van der Waals surface area contributed by atoms with Gasteiger partial charge in [0.15, 0.2) is 0 Å². The minimum Gasteiger partial charge on any atom is -0.489 e. The maximum Gasteiger partial charge on any atom is 0.143 e. The summed E-state index contributed by atoms with van der Waals surface area (Å²) in [5.41, 5.74) is 2.09. The molecule has 0 aliphatic rings. The van der Waals surface area contributed by atoms with Gasteiger partial charge in [0.1, 0.15) is 22.2 Å². The van der Waals surface area contributed by atoms with Crippen molar-refractivity contribution in [2.75, 3.05) is 5.32 Å². The molecule has 0 saturated carbocycles. The van der Waals surface area contributed by atoms with Crippen LogP contribution in [-0.2, 0) is 0 Å². The number of fused-ring (bicyclic) bond motifs is 1. The molecule has 27 heavy (non-hydrogen) atoms. The van der Waals surface area contributed by atoms with E-state index in [1.807, 2.05) is 51.1 Å². The Labute approximate surface area is 162 Å². The molecule has 0 unspecified atom stereocenters. The van der Waals surface area contributed by atoms with Crippen LogP contribution in [0.3, 0.4) is 0 Å². The molecule has 2 aromatic carbocycles. The van der Waals surface area contributed by atoms with Gasteiger partial charge < -0.3 is 10.1 Å². The van der Waals surface area contributed by atoms with E-state index >= 15 is 0 Å². The van der Waals surface area contributed by atoms with Gasteiger partial charge in [-0.1, -0.05) is 42.5 Å². The van der Waals surface area contributed by atoms with E-state index in [0.29, 0.717) is 0 Å². The largest absolute Gasteiger partial charge is 0.489 e. The second-order valence-electron chi connectivity index (χ2n) is 6.60. The van der Waals surface area contributed by atoms with Crippen molar-refractivity contribution in [2.45, 2.75) is 26.9 Å². The first-order chi connectivity index (χ1) is 13.1. The molecule has 0 spiro atoms. The van der Waals surface area contributed by atoms with Crippen molar-refractivity contribution in [3.8, 4) is 16.2 Å². The van der Waals surface area contributed by atoms with Gasteiger partial charge in [-0.15, -0.1) is 11.3 Å². The van der Waals surface area contributed by atoms with E-state index in [2.05, 4.69) is 45.6 Å². The van der Waals surface area contributed by atoms with Gasteiger partial charge in [-0.2, -0.15) is 0 Å². The zero-order chi connectivity index (χ0) is 18.8. The monoisotopic (exact) mass is 375 g/mol. The van der Waals surface area contributed by atoms with E-state index in [1.54, 1.807) is 11.3 Å². The van der Waals surface area contributed by atoms with Crippen LogP contribution in [0.4, 0.5) is 11.5 Å². The quantitative estimate of drug-likeness (QED) is 0.451. The molecule has 2 heterocycles.